The van der Waals surface area contributed by atoms with Crippen molar-refractivity contribution >= 4 is 34.8 Å². The smallest absolute Gasteiger partial charge is 0.348 e. The van der Waals surface area contributed by atoms with Crippen molar-refractivity contribution in [2.75, 3.05) is 6.61 Å². The second kappa shape index (κ2) is 7.48. The van der Waals surface area contributed by atoms with Crippen LogP contribution >= 0.6 is 22.9 Å². The van der Waals surface area contributed by atoms with E-state index in [2.05, 4.69) is 11.4 Å². The van der Waals surface area contributed by atoms with Crippen molar-refractivity contribution in [2.24, 2.45) is 5.92 Å². The highest BCUT2D eigenvalue weighted by Crippen LogP contribution is 2.39. The van der Waals surface area contributed by atoms with Gasteiger partial charge in [0.1, 0.15) is 10.4 Å². The Bertz CT molecular complexity index is 868. The molecule has 0 unspecified atom stereocenters. The zero-order chi connectivity index (χ0) is 18.7. The van der Waals surface area contributed by atoms with Crippen LogP contribution in [-0.2, 0) is 9.53 Å². The predicted molar refractivity (Wildman–Crippen MR) is 99.9 cm³/mol. The van der Waals surface area contributed by atoms with Gasteiger partial charge in [-0.1, -0.05) is 23.7 Å². The van der Waals surface area contributed by atoms with Crippen LogP contribution in [0.15, 0.2) is 36.4 Å². The van der Waals surface area contributed by atoms with Gasteiger partial charge in [0, 0.05) is 9.90 Å². The number of ether oxygens (including phenoxy) is 1. The number of carbonyl (C=O) groups is 2. The fourth-order valence-electron chi connectivity index (χ4n) is 2.63. The Labute approximate surface area is 160 Å². The zero-order valence-corrected chi connectivity index (χ0v) is 15.7. The number of rotatable bonds is 6. The summed E-state index contributed by atoms with van der Waals surface area (Å²) in [5, 5.41) is 12.6. The van der Waals surface area contributed by atoms with Gasteiger partial charge in [-0.25, -0.2) is 4.79 Å². The zero-order valence-electron chi connectivity index (χ0n) is 14.1. The molecule has 1 amide bonds. The maximum absolute atomic E-state index is 12.2. The average Bonchev–Trinajstić information content (AvgIpc) is 3.38. The minimum absolute atomic E-state index is 0.173. The molecule has 1 N–H and O–H groups in total. The van der Waals surface area contributed by atoms with Gasteiger partial charge in [-0.15, -0.1) is 11.3 Å². The highest BCUT2D eigenvalue weighted by Gasteiger charge is 2.43. The predicted octanol–water partition coefficient (Wildman–Crippen LogP) is 4.03. The van der Waals surface area contributed by atoms with Crippen LogP contribution < -0.4 is 5.32 Å². The lowest BCUT2D eigenvalue weighted by molar-refractivity contribution is -0.125. The van der Waals surface area contributed by atoms with Crippen LogP contribution in [0.1, 0.15) is 29.4 Å². The molecule has 1 atom stereocenters. The van der Waals surface area contributed by atoms with Gasteiger partial charge in [0.15, 0.2) is 6.61 Å². The average molecular weight is 389 g/mol. The molecular formula is C19H17ClN2O3S. The number of nitriles is 1. The number of carbonyl (C=O) groups excluding carboxylic acids is 2. The van der Waals surface area contributed by atoms with Gasteiger partial charge in [0.2, 0.25) is 0 Å². The van der Waals surface area contributed by atoms with Crippen LogP contribution in [0.5, 0.6) is 0 Å². The molecule has 0 aliphatic heterocycles. The number of halogens is 1. The Morgan fingerprint density at radius 1 is 1.31 bits per heavy atom. The number of benzene rings is 1. The van der Waals surface area contributed by atoms with Crippen molar-refractivity contribution in [1.82, 2.24) is 5.32 Å². The fourth-order valence-corrected chi connectivity index (χ4v) is 3.66. The lowest BCUT2D eigenvalue weighted by Crippen LogP contribution is -2.48. The standard InChI is InChI=1S/C19H17ClN2O3S/c1-19(11-21,13-4-5-13)22-17(23)10-25-18(24)16-9-8-15(26-16)12-2-6-14(20)7-3-12/h2-3,6-9,13H,4-5,10H2,1H3,(H,22,23)/t19-/m1/s1. The lowest BCUT2D eigenvalue weighted by Gasteiger charge is -2.22. The quantitative estimate of drug-likeness (QED) is 0.757. The Morgan fingerprint density at radius 3 is 2.62 bits per heavy atom. The first-order chi connectivity index (χ1) is 12.4. The summed E-state index contributed by atoms with van der Waals surface area (Å²) >= 11 is 7.16. The second-order valence-corrected chi connectivity index (χ2v) is 7.90. The van der Waals surface area contributed by atoms with E-state index in [9.17, 15) is 14.9 Å². The summed E-state index contributed by atoms with van der Waals surface area (Å²) in [6, 6.07) is 12.9. The molecule has 134 valence electrons. The van der Waals surface area contributed by atoms with E-state index in [-0.39, 0.29) is 5.92 Å². The van der Waals surface area contributed by atoms with E-state index in [4.69, 9.17) is 16.3 Å². The minimum atomic E-state index is -0.895. The first-order valence-corrected chi connectivity index (χ1v) is 9.36. The molecule has 5 nitrogen and oxygen atoms in total. The molecule has 0 spiro atoms. The number of esters is 1. The van der Waals surface area contributed by atoms with E-state index in [1.165, 1.54) is 11.3 Å². The van der Waals surface area contributed by atoms with Crippen molar-refractivity contribution < 1.29 is 14.3 Å². The Hall–Kier alpha value is -2.36. The van der Waals surface area contributed by atoms with Gasteiger partial charge in [-0.2, -0.15) is 5.26 Å². The summed E-state index contributed by atoms with van der Waals surface area (Å²) in [4.78, 5) is 25.5. The molecule has 1 aliphatic carbocycles. The summed E-state index contributed by atoms with van der Waals surface area (Å²) < 4.78 is 5.08. The van der Waals surface area contributed by atoms with E-state index in [1.807, 2.05) is 18.2 Å². The summed E-state index contributed by atoms with van der Waals surface area (Å²) in [7, 11) is 0. The SMILES string of the molecule is C[C@](C#N)(NC(=O)COC(=O)c1ccc(-c2ccc(Cl)cc2)s1)C1CC1. The highest BCUT2D eigenvalue weighted by molar-refractivity contribution is 7.17. The summed E-state index contributed by atoms with van der Waals surface area (Å²) in [5.41, 5.74) is 0.0548. The molecule has 1 heterocycles. The van der Waals surface area contributed by atoms with Gasteiger partial charge in [0.05, 0.1) is 6.07 Å². The van der Waals surface area contributed by atoms with E-state index in [0.717, 1.165) is 23.3 Å². The molecule has 0 bridgehead atoms. The third-order valence-corrected chi connectivity index (χ3v) is 5.66. The molecular weight excluding hydrogens is 372 g/mol. The molecule has 0 radical (unpaired) electrons. The number of nitrogens with zero attached hydrogens (tertiary/aromatic N) is 1. The van der Waals surface area contributed by atoms with Crippen LogP contribution in [-0.4, -0.2) is 24.0 Å². The lowest BCUT2D eigenvalue weighted by atomic mass is 9.98. The Balaban J connectivity index is 1.56. The van der Waals surface area contributed by atoms with Crippen molar-refractivity contribution in [2.45, 2.75) is 25.3 Å². The molecule has 1 aromatic heterocycles. The maximum Gasteiger partial charge on any atom is 0.348 e. The van der Waals surface area contributed by atoms with Crippen molar-refractivity contribution in [3.8, 4) is 16.5 Å². The Morgan fingerprint density at radius 2 is 2.00 bits per heavy atom. The van der Waals surface area contributed by atoms with Crippen LogP contribution in [0.3, 0.4) is 0 Å². The highest BCUT2D eigenvalue weighted by atomic mass is 35.5. The maximum atomic E-state index is 12.2. The van der Waals surface area contributed by atoms with Crippen LogP contribution in [0, 0.1) is 17.2 Å². The van der Waals surface area contributed by atoms with E-state index in [1.54, 1.807) is 25.1 Å². The van der Waals surface area contributed by atoms with Gasteiger partial charge in [-0.3, -0.25) is 4.79 Å². The number of hydrogen-bond acceptors (Lipinski definition) is 5. The molecule has 7 heteroatoms. The number of hydrogen-bond donors (Lipinski definition) is 1. The first-order valence-electron chi connectivity index (χ1n) is 8.16. The molecule has 0 saturated heterocycles. The summed E-state index contributed by atoms with van der Waals surface area (Å²) in [6.45, 7) is 1.29. The largest absolute Gasteiger partial charge is 0.451 e. The number of nitrogens with one attached hydrogen (secondary N) is 1. The first kappa shape index (κ1) is 18.4. The Kier molecular flexibility index (Phi) is 5.30. The topological polar surface area (TPSA) is 79.2 Å². The molecule has 2 aromatic rings. The molecule has 26 heavy (non-hydrogen) atoms. The number of amides is 1. The fraction of sp³-hybridized carbons (Fsp3) is 0.316. The van der Waals surface area contributed by atoms with Crippen molar-refractivity contribution in [3.63, 3.8) is 0 Å². The molecule has 1 saturated carbocycles. The third kappa shape index (κ3) is 4.24. The molecule has 1 aromatic carbocycles. The third-order valence-electron chi connectivity index (χ3n) is 4.30. The molecule has 1 aliphatic rings. The number of thiophene rings is 1. The van der Waals surface area contributed by atoms with Gasteiger partial charge in [-0.05, 0) is 55.5 Å². The molecule has 1 fully saturated rings. The van der Waals surface area contributed by atoms with Crippen LogP contribution in [0.25, 0.3) is 10.4 Å². The van der Waals surface area contributed by atoms with Crippen LogP contribution in [0.4, 0.5) is 0 Å². The minimum Gasteiger partial charge on any atom is -0.451 e. The monoisotopic (exact) mass is 388 g/mol. The van der Waals surface area contributed by atoms with Crippen molar-refractivity contribution in [1.29, 1.82) is 5.26 Å². The van der Waals surface area contributed by atoms with Gasteiger partial charge in [0.25, 0.3) is 5.91 Å². The van der Waals surface area contributed by atoms with E-state index < -0.39 is 24.0 Å². The summed E-state index contributed by atoms with van der Waals surface area (Å²) in [5.74, 6) is -0.856. The summed E-state index contributed by atoms with van der Waals surface area (Å²) in [6.07, 6.45) is 1.85. The van der Waals surface area contributed by atoms with Crippen LogP contribution in [0.2, 0.25) is 5.02 Å². The molecule has 3 rings (SSSR count). The van der Waals surface area contributed by atoms with Crippen molar-refractivity contribution in [3.05, 3.63) is 46.3 Å². The van der Waals surface area contributed by atoms with Gasteiger partial charge >= 0.3 is 5.97 Å². The normalized spacial score (nSPS) is 15.6. The van der Waals surface area contributed by atoms with Gasteiger partial charge < -0.3 is 10.1 Å². The van der Waals surface area contributed by atoms with E-state index >= 15 is 0 Å². The van der Waals surface area contributed by atoms with E-state index in [0.29, 0.717) is 9.90 Å². The second-order valence-electron chi connectivity index (χ2n) is 6.38.